The molecule has 1 fully saturated rings. The second-order valence-corrected chi connectivity index (χ2v) is 5.39. The van der Waals surface area contributed by atoms with Crippen molar-refractivity contribution in [1.82, 2.24) is 4.90 Å². The molecule has 1 saturated heterocycles. The molecule has 114 valence electrons. The summed E-state index contributed by atoms with van der Waals surface area (Å²) >= 11 is 0. The molecule has 0 spiro atoms. The topological polar surface area (TPSA) is 75.4 Å². The molecule has 0 radical (unpaired) electrons. The molecule has 1 aliphatic rings. The van der Waals surface area contributed by atoms with Gasteiger partial charge in [0.1, 0.15) is 11.5 Å². The first kappa shape index (κ1) is 14.8. The smallest absolute Gasteiger partial charge is 0.135 e. The Labute approximate surface area is 129 Å². The van der Waals surface area contributed by atoms with E-state index in [4.69, 9.17) is 14.9 Å². The Kier molecular flexibility index (Phi) is 4.54. The molecule has 2 heterocycles. The van der Waals surface area contributed by atoms with Crippen LogP contribution in [0.5, 0.6) is 0 Å². The van der Waals surface area contributed by atoms with E-state index in [2.05, 4.69) is 11.0 Å². The molecular weight excluding hydrogens is 278 g/mol. The fourth-order valence-electron chi connectivity index (χ4n) is 2.69. The number of nitriles is 1. The fraction of sp³-hybridized carbons (Fsp3) is 0.353. The lowest BCUT2D eigenvalue weighted by molar-refractivity contribution is -0.0278. The highest BCUT2D eigenvalue weighted by Gasteiger charge is 2.20. The summed E-state index contributed by atoms with van der Waals surface area (Å²) in [5, 5.41) is 9.18. The lowest BCUT2D eigenvalue weighted by Crippen LogP contribution is -2.45. The average Bonchev–Trinajstić information content (AvgIpc) is 3.03. The summed E-state index contributed by atoms with van der Waals surface area (Å²) < 4.78 is 11.5. The molecule has 0 saturated carbocycles. The van der Waals surface area contributed by atoms with Crippen molar-refractivity contribution in [2.45, 2.75) is 12.6 Å². The molecule has 1 aliphatic heterocycles. The molecule has 3 rings (SSSR count). The Morgan fingerprint density at radius 1 is 1.27 bits per heavy atom. The van der Waals surface area contributed by atoms with E-state index < -0.39 is 0 Å². The minimum atomic E-state index is 0.0995. The molecule has 5 heteroatoms. The molecule has 2 N–H and O–H groups in total. The highest BCUT2D eigenvalue weighted by Crippen LogP contribution is 2.26. The summed E-state index contributed by atoms with van der Waals surface area (Å²) in [7, 11) is 0. The number of benzene rings is 1. The predicted octanol–water partition coefficient (Wildman–Crippen LogP) is 1.98. The summed E-state index contributed by atoms with van der Waals surface area (Å²) in [6.45, 7) is 3.67. The number of hydrogen-bond donors (Lipinski definition) is 1. The molecule has 0 aliphatic carbocycles. The van der Waals surface area contributed by atoms with Gasteiger partial charge >= 0.3 is 0 Å². The van der Waals surface area contributed by atoms with Gasteiger partial charge in [0.05, 0.1) is 30.9 Å². The summed E-state index contributed by atoms with van der Waals surface area (Å²) in [4.78, 5) is 2.28. The van der Waals surface area contributed by atoms with Gasteiger partial charge in [0, 0.05) is 25.2 Å². The Morgan fingerprint density at radius 2 is 2.14 bits per heavy atom. The van der Waals surface area contributed by atoms with Crippen LogP contribution >= 0.6 is 0 Å². The van der Waals surface area contributed by atoms with Crippen molar-refractivity contribution in [1.29, 1.82) is 5.26 Å². The number of morpholine rings is 1. The normalized spacial score (nSPS) is 19.0. The van der Waals surface area contributed by atoms with Crippen LogP contribution in [0, 0.1) is 11.3 Å². The van der Waals surface area contributed by atoms with Crippen LogP contribution in [0.25, 0.3) is 11.3 Å². The van der Waals surface area contributed by atoms with Gasteiger partial charge in [0.25, 0.3) is 0 Å². The molecule has 0 amide bonds. The quantitative estimate of drug-likeness (QED) is 0.934. The summed E-state index contributed by atoms with van der Waals surface area (Å²) in [5.74, 6) is 1.62. The Balaban J connectivity index is 1.73. The van der Waals surface area contributed by atoms with Crippen LogP contribution in [0.15, 0.2) is 40.8 Å². The van der Waals surface area contributed by atoms with Crippen molar-refractivity contribution in [2.24, 2.45) is 5.73 Å². The van der Waals surface area contributed by atoms with E-state index in [0.717, 1.165) is 36.7 Å². The Morgan fingerprint density at radius 3 is 2.95 bits per heavy atom. The molecule has 2 aromatic rings. The van der Waals surface area contributed by atoms with Crippen molar-refractivity contribution in [3.05, 3.63) is 47.7 Å². The largest absolute Gasteiger partial charge is 0.460 e. The maximum Gasteiger partial charge on any atom is 0.135 e. The van der Waals surface area contributed by atoms with Gasteiger partial charge in [0.15, 0.2) is 0 Å². The number of rotatable bonds is 4. The molecule has 1 atom stereocenters. The van der Waals surface area contributed by atoms with Crippen molar-refractivity contribution in [2.75, 3.05) is 26.2 Å². The molecule has 5 nitrogen and oxygen atoms in total. The first-order valence-corrected chi connectivity index (χ1v) is 7.42. The van der Waals surface area contributed by atoms with Crippen molar-refractivity contribution >= 4 is 0 Å². The van der Waals surface area contributed by atoms with Gasteiger partial charge in [-0.15, -0.1) is 0 Å². The van der Waals surface area contributed by atoms with Gasteiger partial charge in [-0.3, -0.25) is 4.90 Å². The maximum atomic E-state index is 9.18. The molecule has 1 unspecified atom stereocenters. The zero-order valence-electron chi connectivity index (χ0n) is 12.4. The zero-order valence-corrected chi connectivity index (χ0v) is 12.4. The lowest BCUT2D eigenvalue weighted by atomic mass is 10.1. The standard InChI is InChI=1S/C17H19N3O2/c18-9-13-3-1-2-4-16(13)17-6-5-14(22-17)11-20-7-8-21-15(10-19)12-20/h1-6,15H,7-8,10-12,19H2. The third kappa shape index (κ3) is 3.20. The van der Waals surface area contributed by atoms with E-state index in [1.807, 2.05) is 30.3 Å². The highest BCUT2D eigenvalue weighted by atomic mass is 16.5. The van der Waals surface area contributed by atoms with Crippen LogP contribution in [0.2, 0.25) is 0 Å². The van der Waals surface area contributed by atoms with Gasteiger partial charge in [-0.2, -0.15) is 5.26 Å². The number of hydrogen-bond acceptors (Lipinski definition) is 5. The molecule has 1 aromatic carbocycles. The Hall–Kier alpha value is -2.13. The van der Waals surface area contributed by atoms with Gasteiger partial charge in [0.2, 0.25) is 0 Å². The SMILES string of the molecule is N#Cc1ccccc1-c1ccc(CN2CCOC(CN)C2)o1. The van der Waals surface area contributed by atoms with Crippen LogP contribution < -0.4 is 5.73 Å². The number of furan rings is 1. The van der Waals surface area contributed by atoms with Crippen LogP contribution in [-0.4, -0.2) is 37.2 Å². The number of ether oxygens (including phenoxy) is 1. The third-order valence-corrected chi connectivity index (χ3v) is 3.84. The third-order valence-electron chi connectivity index (χ3n) is 3.84. The second-order valence-electron chi connectivity index (χ2n) is 5.39. The van der Waals surface area contributed by atoms with E-state index in [0.29, 0.717) is 18.7 Å². The predicted molar refractivity (Wildman–Crippen MR) is 82.9 cm³/mol. The van der Waals surface area contributed by atoms with Crippen LogP contribution in [-0.2, 0) is 11.3 Å². The van der Waals surface area contributed by atoms with E-state index >= 15 is 0 Å². The van der Waals surface area contributed by atoms with Gasteiger partial charge < -0.3 is 14.9 Å². The van der Waals surface area contributed by atoms with Crippen LogP contribution in [0.1, 0.15) is 11.3 Å². The van der Waals surface area contributed by atoms with Gasteiger partial charge in [-0.25, -0.2) is 0 Å². The van der Waals surface area contributed by atoms with E-state index in [1.165, 1.54) is 0 Å². The summed E-state index contributed by atoms with van der Waals surface area (Å²) in [6, 6.07) is 13.6. The van der Waals surface area contributed by atoms with E-state index in [9.17, 15) is 5.26 Å². The molecular formula is C17H19N3O2. The molecule has 22 heavy (non-hydrogen) atoms. The Bertz CT molecular complexity index is 675. The van der Waals surface area contributed by atoms with E-state index in [-0.39, 0.29) is 6.10 Å². The average molecular weight is 297 g/mol. The van der Waals surface area contributed by atoms with Crippen molar-refractivity contribution < 1.29 is 9.15 Å². The fourth-order valence-corrected chi connectivity index (χ4v) is 2.69. The first-order valence-electron chi connectivity index (χ1n) is 7.42. The monoisotopic (exact) mass is 297 g/mol. The van der Waals surface area contributed by atoms with Gasteiger partial charge in [-0.1, -0.05) is 12.1 Å². The number of nitrogens with two attached hydrogens (primary N) is 1. The lowest BCUT2D eigenvalue weighted by Gasteiger charge is -2.31. The van der Waals surface area contributed by atoms with E-state index in [1.54, 1.807) is 6.07 Å². The van der Waals surface area contributed by atoms with Crippen molar-refractivity contribution in [3.63, 3.8) is 0 Å². The first-order chi connectivity index (χ1) is 10.8. The molecule has 1 aromatic heterocycles. The highest BCUT2D eigenvalue weighted by molar-refractivity contribution is 5.66. The molecule has 0 bridgehead atoms. The number of nitrogens with zero attached hydrogens (tertiary/aromatic N) is 2. The van der Waals surface area contributed by atoms with Crippen LogP contribution in [0.3, 0.4) is 0 Å². The zero-order chi connectivity index (χ0) is 15.4. The maximum absolute atomic E-state index is 9.18. The van der Waals surface area contributed by atoms with Crippen LogP contribution in [0.4, 0.5) is 0 Å². The summed E-state index contributed by atoms with van der Waals surface area (Å²) in [5.41, 5.74) is 7.12. The van der Waals surface area contributed by atoms with Crippen molar-refractivity contribution in [3.8, 4) is 17.4 Å². The summed E-state index contributed by atoms with van der Waals surface area (Å²) in [6.07, 6.45) is 0.0995. The second kappa shape index (κ2) is 6.75. The van der Waals surface area contributed by atoms with Gasteiger partial charge in [-0.05, 0) is 24.3 Å². The minimum Gasteiger partial charge on any atom is -0.460 e. The minimum absolute atomic E-state index is 0.0995.